The summed E-state index contributed by atoms with van der Waals surface area (Å²) in [5.41, 5.74) is 2.07. The van der Waals surface area contributed by atoms with Gasteiger partial charge < -0.3 is 19.8 Å². The summed E-state index contributed by atoms with van der Waals surface area (Å²) >= 11 is 0. The molecule has 2 aromatic heterocycles. The predicted octanol–water partition coefficient (Wildman–Crippen LogP) is 2.36. The van der Waals surface area contributed by atoms with Crippen molar-refractivity contribution >= 4 is 27.8 Å². The summed E-state index contributed by atoms with van der Waals surface area (Å²) < 4.78 is 3.34. The molecule has 0 radical (unpaired) electrons. The molecule has 1 N–H and O–H groups in total. The van der Waals surface area contributed by atoms with E-state index in [2.05, 4.69) is 26.8 Å². The Balaban J connectivity index is 1.66. The van der Waals surface area contributed by atoms with Crippen molar-refractivity contribution in [2.24, 2.45) is 0 Å². The zero-order valence-electron chi connectivity index (χ0n) is 13.2. The van der Waals surface area contributed by atoms with Crippen molar-refractivity contribution in [3.63, 3.8) is 0 Å². The van der Waals surface area contributed by atoms with Crippen LogP contribution in [-0.2, 0) is 13.1 Å². The first-order chi connectivity index (χ1) is 12.1. The highest BCUT2D eigenvalue weighted by molar-refractivity contribution is 6.07. The van der Waals surface area contributed by atoms with Crippen LogP contribution in [0.5, 0.6) is 0 Å². The summed E-state index contributed by atoms with van der Waals surface area (Å²) in [6.07, 6.45) is 0.494. The Kier molecular flexibility index (Phi) is 3.66. The lowest BCUT2D eigenvalue weighted by Gasteiger charge is -2.12. The van der Waals surface area contributed by atoms with Gasteiger partial charge >= 0.3 is 5.95 Å². The minimum absolute atomic E-state index is 0.127. The molecule has 0 spiro atoms. The fourth-order valence-electron chi connectivity index (χ4n) is 3.14. The zero-order chi connectivity index (χ0) is 17.4. The number of nitrogens with zero attached hydrogens (tertiary/aromatic N) is 5. The zero-order valence-corrected chi connectivity index (χ0v) is 13.2. The van der Waals surface area contributed by atoms with Crippen LogP contribution in [0, 0.1) is 10.1 Å². The van der Waals surface area contributed by atoms with E-state index in [-0.39, 0.29) is 6.54 Å². The Morgan fingerprint density at radius 1 is 1.04 bits per heavy atom. The van der Waals surface area contributed by atoms with Crippen LogP contribution in [0.3, 0.4) is 0 Å². The molecule has 8 heteroatoms. The molecule has 0 amide bonds. The van der Waals surface area contributed by atoms with Gasteiger partial charge in [0.05, 0.1) is 19.2 Å². The molecule has 0 unspecified atom stereocenters. The molecule has 2 aromatic carbocycles. The summed E-state index contributed by atoms with van der Waals surface area (Å²) in [7, 11) is 0. The van der Waals surface area contributed by atoms with Crippen molar-refractivity contribution in [3.05, 3.63) is 65.0 Å². The summed E-state index contributed by atoms with van der Waals surface area (Å²) in [5.74, 6) is -0.468. The maximum absolute atomic E-state index is 10.6. The first-order valence-corrected chi connectivity index (χ1v) is 7.81. The highest BCUT2D eigenvalue weighted by Gasteiger charge is 2.18. The molecule has 25 heavy (non-hydrogen) atoms. The second-order valence-corrected chi connectivity index (χ2v) is 5.82. The van der Waals surface area contributed by atoms with Crippen LogP contribution in [0.2, 0.25) is 0 Å². The molecule has 2 heterocycles. The minimum Gasteiger partial charge on any atom is -0.390 e. The van der Waals surface area contributed by atoms with Gasteiger partial charge in [-0.3, -0.25) is 0 Å². The van der Waals surface area contributed by atoms with Crippen molar-refractivity contribution < 1.29 is 10.0 Å². The third kappa shape index (κ3) is 2.72. The van der Waals surface area contributed by atoms with E-state index >= 15 is 0 Å². The van der Waals surface area contributed by atoms with Crippen molar-refractivity contribution in [1.82, 2.24) is 19.3 Å². The number of para-hydroxylation sites is 2. The van der Waals surface area contributed by atoms with Crippen LogP contribution >= 0.6 is 0 Å². The molecule has 4 rings (SSSR count). The quantitative estimate of drug-likeness (QED) is 0.445. The van der Waals surface area contributed by atoms with Crippen molar-refractivity contribution in [2.45, 2.75) is 19.2 Å². The minimum atomic E-state index is -0.763. The van der Waals surface area contributed by atoms with Crippen LogP contribution in [-0.4, -0.2) is 35.5 Å². The molecule has 0 aliphatic carbocycles. The van der Waals surface area contributed by atoms with Gasteiger partial charge in [0, 0.05) is 26.9 Å². The monoisotopic (exact) mass is 337 g/mol. The molecule has 0 bridgehead atoms. The predicted molar refractivity (Wildman–Crippen MR) is 92.1 cm³/mol. The van der Waals surface area contributed by atoms with Gasteiger partial charge in [0.1, 0.15) is 0 Å². The number of rotatable bonds is 5. The van der Waals surface area contributed by atoms with Crippen molar-refractivity contribution in [3.8, 4) is 0 Å². The summed E-state index contributed by atoms with van der Waals surface area (Å²) in [6.45, 7) is 0.476. The molecule has 0 saturated carbocycles. The first-order valence-electron chi connectivity index (χ1n) is 7.81. The maximum Gasteiger partial charge on any atom is 0.490 e. The molecule has 0 saturated heterocycles. The Morgan fingerprint density at radius 2 is 1.64 bits per heavy atom. The second-order valence-electron chi connectivity index (χ2n) is 5.82. The second kappa shape index (κ2) is 5.99. The van der Waals surface area contributed by atoms with Crippen LogP contribution in [0.4, 0.5) is 5.95 Å². The number of fused-ring (bicyclic) bond motifs is 3. The molecule has 8 nitrogen and oxygen atoms in total. The molecular formula is C17H15N5O3. The molecule has 1 atom stereocenters. The number of aliphatic hydroxyl groups is 1. The normalized spacial score (nSPS) is 12.7. The van der Waals surface area contributed by atoms with Crippen molar-refractivity contribution in [2.75, 3.05) is 0 Å². The number of hydrogen-bond acceptors (Lipinski definition) is 5. The Bertz CT molecular complexity index is 1020. The average molecular weight is 337 g/mol. The molecular weight excluding hydrogens is 322 g/mol. The Hall–Kier alpha value is -3.26. The first kappa shape index (κ1) is 15.3. The van der Waals surface area contributed by atoms with E-state index in [9.17, 15) is 15.2 Å². The Labute approximate surface area is 142 Å². The standard InChI is InChI=1S/C17H15N5O3/c23-12(9-20-11-18-17(19-20)22(24)25)10-21-15-7-3-1-5-13(15)14-6-2-4-8-16(14)21/h1-8,11-12,23H,9-10H2/t12-/m0/s1. The van der Waals surface area contributed by atoms with Gasteiger partial charge in [0.15, 0.2) is 0 Å². The third-order valence-corrected chi connectivity index (χ3v) is 4.16. The fraction of sp³-hybridized carbons (Fsp3) is 0.176. The van der Waals surface area contributed by atoms with Gasteiger partial charge in [0.2, 0.25) is 6.33 Å². The smallest absolute Gasteiger partial charge is 0.390 e. The van der Waals surface area contributed by atoms with E-state index in [4.69, 9.17) is 0 Å². The molecule has 126 valence electrons. The van der Waals surface area contributed by atoms with Crippen LogP contribution in [0.1, 0.15) is 0 Å². The van der Waals surface area contributed by atoms with Crippen LogP contribution in [0.15, 0.2) is 54.9 Å². The van der Waals surface area contributed by atoms with Crippen molar-refractivity contribution in [1.29, 1.82) is 0 Å². The van der Waals surface area contributed by atoms with Gasteiger partial charge in [0.25, 0.3) is 0 Å². The largest absolute Gasteiger partial charge is 0.490 e. The summed E-state index contributed by atoms with van der Waals surface area (Å²) in [4.78, 5) is 13.6. The lowest BCUT2D eigenvalue weighted by Crippen LogP contribution is -2.22. The van der Waals surface area contributed by atoms with E-state index in [1.807, 2.05) is 36.4 Å². The highest BCUT2D eigenvalue weighted by Crippen LogP contribution is 2.28. The summed E-state index contributed by atoms with van der Waals surface area (Å²) in [5, 5.41) is 27.1. The number of aliphatic hydroxyl groups excluding tert-OH is 1. The van der Waals surface area contributed by atoms with E-state index in [0.29, 0.717) is 6.54 Å². The van der Waals surface area contributed by atoms with Gasteiger partial charge in [-0.05, 0) is 17.1 Å². The number of nitro groups is 1. The fourth-order valence-corrected chi connectivity index (χ4v) is 3.14. The van der Waals surface area contributed by atoms with Crippen LogP contribution < -0.4 is 0 Å². The number of benzene rings is 2. The van der Waals surface area contributed by atoms with E-state index < -0.39 is 17.0 Å². The van der Waals surface area contributed by atoms with Gasteiger partial charge in [-0.1, -0.05) is 41.4 Å². The van der Waals surface area contributed by atoms with E-state index in [1.54, 1.807) is 0 Å². The average Bonchev–Trinajstić information content (AvgIpc) is 3.19. The van der Waals surface area contributed by atoms with E-state index in [0.717, 1.165) is 21.8 Å². The van der Waals surface area contributed by atoms with Gasteiger partial charge in [-0.25, -0.2) is 0 Å². The maximum atomic E-state index is 10.6. The lowest BCUT2D eigenvalue weighted by atomic mass is 10.2. The molecule has 4 aromatic rings. The molecule has 0 fully saturated rings. The third-order valence-electron chi connectivity index (χ3n) is 4.16. The number of aromatic nitrogens is 4. The van der Waals surface area contributed by atoms with E-state index in [1.165, 1.54) is 11.0 Å². The molecule has 0 aliphatic rings. The lowest BCUT2D eigenvalue weighted by molar-refractivity contribution is -0.394. The topological polar surface area (TPSA) is 99.0 Å². The summed E-state index contributed by atoms with van der Waals surface area (Å²) in [6, 6.07) is 16.1. The Morgan fingerprint density at radius 3 is 2.20 bits per heavy atom. The van der Waals surface area contributed by atoms with Crippen LogP contribution in [0.25, 0.3) is 21.8 Å². The SMILES string of the molecule is O=[N+]([O-])c1ncn(C[C@H](O)Cn2c3ccccc3c3ccccc32)n1. The molecule has 0 aliphatic heterocycles. The highest BCUT2D eigenvalue weighted by atomic mass is 16.6. The van der Waals surface area contributed by atoms with Gasteiger partial charge in [-0.15, -0.1) is 0 Å². The number of hydrogen-bond donors (Lipinski definition) is 1. The van der Waals surface area contributed by atoms with Gasteiger partial charge in [-0.2, -0.15) is 4.68 Å².